The van der Waals surface area contributed by atoms with E-state index in [1.165, 1.54) is 44.1 Å². The van der Waals surface area contributed by atoms with Gasteiger partial charge in [0.2, 0.25) is 5.91 Å². The van der Waals surface area contributed by atoms with Crippen molar-refractivity contribution < 1.29 is 42.9 Å². The lowest BCUT2D eigenvalue weighted by atomic mass is 9.44. The second kappa shape index (κ2) is 29.7. The van der Waals surface area contributed by atoms with Crippen LogP contribution in [0.3, 0.4) is 0 Å². The summed E-state index contributed by atoms with van der Waals surface area (Å²) in [6.45, 7) is 17.2. The summed E-state index contributed by atoms with van der Waals surface area (Å²) in [5.74, 6) is 1.42. The minimum absolute atomic E-state index is 0.0193. The standard InChI is InChI=1S/C57H98N2O9/c1-9-11-13-17-23-38-65-42-47(43-66-39-24-18-14-12-10-2)67-53(63)27-21-20-26-52(62)59(37-25-35-58(7)8)36-22-16-15-19-28-54(64)68-57(45(4)60)34-31-50-48-40-44(3)51-41-46(61)29-32-55(51,5)49(48)30-33-56(50,57)6/h41,44,47-50H,9-40,42-43H2,1-8H3. The van der Waals surface area contributed by atoms with Crippen molar-refractivity contribution >= 4 is 29.4 Å². The summed E-state index contributed by atoms with van der Waals surface area (Å²) in [4.78, 5) is 70.3. The molecule has 0 aromatic carbocycles. The van der Waals surface area contributed by atoms with Gasteiger partial charge in [0.05, 0.1) is 13.2 Å². The van der Waals surface area contributed by atoms with Crippen molar-refractivity contribution in [3.05, 3.63) is 11.6 Å². The van der Waals surface area contributed by atoms with Crippen LogP contribution in [0.5, 0.6) is 0 Å². The summed E-state index contributed by atoms with van der Waals surface area (Å²) in [6, 6.07) is 0. The molecule has 7 unspecified atom stereocenters. The van der Waals surface area contributed by atoms with Crippen LogP contribution in [0, 0.1) is 34.5 Å². The molecule has 0 spiro atoms. The fourth-order valence-corrected chi connectivity index (χ4v) is 13.0. The lowest BCUT2D eigenvalue weighted by molar-refractivity contribution is -0.189. The maximum absolute atomic E-state index is 13.7. The Morgan fingerprint density at radius 2 is 1.26 bits per heavy atom. The SMILES string of the molecule is CCCCCCCOCC(COCCCCCCC)OC(=O)CCCCC(=O)N(CCCCCCC(=O)OC1(C(C)=O)CCC2C3CC(C)C4=CC(=O)CCC4(C)C3CCC21C)CCCN(C)C. The Balaban J connectivity index is 1.19. The van der Waals surface area contributed by atoms with Crippen molar-refractivity contribution in [2.24, 2.45) is 34.5 Å². The molecule has 0 N–H and O–H groups in total. The number of rotatable bonds is 35. The minimum atomic E-state index is -1.08. The molecule has 3 saturated carbocycles. The average molecular weight is 955 g/mol. The number of nitrogens with zero attached hydrogens (tertiary/aromatic N) is 2. The highest BCUT2D eigenvalue weighted by Crippen LogP contribution is 2.69. The zero-order valence-electron chi connectivity index (χ0n) is 44.6. The minimum Gasteiger partial charge on any atom is -0.457 e. The zero-order valence-corrected chi connectivity index (χ0v) is 44.6. The van der Waals surface area contributed by atoms with E-state index < -0.39 is 17.1 Å². The molecule has 390 valence electrons. The number of ether oxygens (including phenoxy) is 4. The largest absolute Gasteiger partial charge is 0.457 e. The summed E-state index contributed by atoms with van der Waals surface area (Å²) in [7, 11) is 4.09. The van der Waals surface area contributed by atoms with E-state index in [2.05, 4.69) is 39.5 Å². The number of carbonyl (C=O) groups is 5. The number of hydrogen-bond donors (Lipinski definition) is 0. The Morgan fingerprint density at radius 3 is 1.91 bits per heavy atom. The first kappa shape index (κ1) is 57.9. The van der Waals surface area contributed by atoms with Gasteiger partial charge in [-0.25, -0.2) is 0 Å². The third-order valence-corrected chi connectivity index (χ3v) is 16.9. The molecule has 1 amide bonds. The van der Waals surface area contributed by atoms with Crippen LogP contribution in [0.2, 0.25) is 0 Å². The van der Waals surface area contributed by atoms with Crippen LogP contribution in [-0.2, 0) is 42.9 Å². The molecular formula is C57H98N2O9. The second-order valence-electron chi connectivity index (χ2n) is 22.3. The molecule has 3 fully saturated rings. The predicted octanol–water partition coefficient (Wildman–Crippen LogP) is 11.8. The Hall–Kier alpha value is -2.63. The number of carbonyl (C=O) groups excluding carboxylic acids is 5. The number of hydrogen-bond acceptors (Lipinski definition) is 10. The highest BCUT2D eigenvalue weighted by atomic mass is 16.6. The van der Waals surface area contributed by atoms with Gasteiger partial charge in [-0.15, -0.1) is 0 Å². The summed E-state index contributed by atoms with van der Waals surface area (Å²) < 4.78 is 24.1. The maximum Gasteiger partial charge on any atom is 0.306 e. The topological polar surface area (TPSA) is 129 Å². The van der Waals surface area contributed by atoms with Gasteiger partial charge < -0.3 is 28.7 Å². The van der Waals surface area contributed by atoms with Crippen LogP contribution in [0.25, 0.3) is 0 Å². The fourth-order valence-electron chi connectivity index (χ4n) is 13.0. The summed E-state index contributed by atoms with van der Waals surface area (Å²) >= 11 is 0. The quantitative estimate of drug-likeness (QED) is 0.0447. The number of allylic oxidation sites excluding steroid dienone is 1. The van der Waals surface area contributed by atoms with Crippen LogP contribution in [0.4, 0.5) is 0 Å². The molecule has 0 saturated heterocycles. The molecule has 11 nitrogen and oxygen atoms in total. The summed E-state index contributed by atoms with van der Waals surface area (Å²) in [6.07, 6.45) is 25.4. The summed E-state index contributed by atoms with van der Waals surface area (Å²) in [5, 5.41) is 0. The number of amides is 1. The highest BCUT2D eigenvalue weighted by Gasteiger charge is 2.68. The third-order valence-electron chi connectivity index (χ3n) is 16.9. The molecule has 4 aliphatic carbocycles. The first-order valence-corrected chi connectivity index (χ1v) is 27.9. The number of ketones is 2. The van der Waals surface area contributed by atoms with E-state index >= 15 is 0 Å². The van der Waals surface area contributed by atoms with E-state index in [0.717, 1.165) is 90.0 Å². The van der Waals surface area contributed by atoms with E-state index in [-0.39, 0.29) is 47.7 Å². The van der Waals surface area contributed by atoms with Crippen molar-refractivity contribution in [3.8, 4) is 0 Å². The van der Waals surface area contributed by atoms with Crippen molar-refractivity contribution in [2.45, 2.75) is 227 Å². The fraction of sp³-hybridized carbons (Fsp3) is 0.877. The van der Waals surface area contributed by atoms with Crippen LogP contribution < -0.4 is 0 Å². The second-order valence-corrected chi connectivity index (χ2v) is 22.3. The van der Waals surface area contributed by atoms with Crippen molar-refractivity contribution in [1.29, 1.82) is 0 Å². The highest BCUT2D eigenvalue weighted by molar-refractivity contribution is 5.92. The molecule has 0 aliphatic heterocycles. The van der Waals surface area contributed by atoms with Gasteiger partial charge in [0.1, 0.15) is 6.10 Å². The molecular weight excluding hydrogens is 857 g/mol. The summed E-state index contributed by atoms with van der Waals surface area (Å²) in [5.41, 5.74) is -0.103. The van der Waals surface area contributed by atoms with Gasteiger partial charge in [0.25, 0.3) is 0 Å². The Morgan fingerprint density at radius 1 is 0.691 bits per heavy atom. The van der Waals surface area contributed by atoms with Crippen molar-refractivity contribution in [3.63, 3.8) is 0 Å². The number of fused-ring (bicyclic) bond motifs is 5. The number of esters is 2. The predicted molar refractivity (Wildman–Crippen MR) is 271 cm³/mol. The first-order chi connectivity index (χ1) is 32.6. The van der Waals surface area contributed by atoms with Gasteiger partial charge in [-0.05, 0) is 146 Å². The zero-order chi connectivity index (χ0) is 49.6. The maximum atomic E-state index is 13.7. The lowest BCUT2D eigenvalue weighted by Crippen LogP contribution is -2.59. The van der Waals surface area contributed by atoms with Gasteiger partial charge in [0, 0.05) is 57.4 Å². The Kier molecular flexibility index (Phi) is 25.3. The molecule has 0 aromatic rings. The van der Waals surface area contributed by atoms with Crippen molar-refractivity contribution in [1.82, 2.24) is 9.80 Å². The smallest absolute Gasteiger partial charge is 0.306 e. The Labute approximate surface area is 413 Å². The molecule has 4 rings (SSSR count). The monoisotopic (exact) mass is 955 g/mol. The van der Waals surface area contributed by atoms with E-state index in [1.54, 1.807) is 6.92 Å². The van der Waals surface area contributed by atoms with E-state index in [0.29, 0.717) is 102 Å². The van der Waals surface area contributed by atoms with Crippen LogP contribution >= 0.6 is 0 Å². The van der Waals surface area contributed by atoms with Gasteiger partial charge in [0.15, 0.2) is 17.2 Å². The van der Waals surface area contributed by atoms with Crippen LogP contribution in [0.1, 0.15) is 215 Å². The number of unbranched alkanes of at least 4 members (excludes halogenated alkanes) is 12. The molecule has 0 bridgehead atoms. The van der Waals surface area contributed by atoms with E-state index in [1.807, 2.05) is 25.1 Å². The van der Waals surface area contributed by atoms with Gasteiger partial charge in [-0.2, -0.15) is 0 Å². The molecule has 0 aromatic heterocycles. The van der Waals surface area contributed by atoms with Gasteiger partial charge in [-0.3, -0.25) is 24.0 Å². The van der Waals surface area contributed by atoms with Crippen LogP contribution in [-0.4, -0.2) is 111 Å². The number of Topliss-reactive ketones (excluding diaryl/α,β-unsaturated/α-hetero) is 1. The van der Waals surface area contributed by atoms with Gasteiger partial charge >= 0.3 is 11.9 Å². The third kappa shape index (κ3) is 16.7. The normalized spacial score (nSPS) is 26.6. The van der Waals surface area contributed by atoms with E-state index in [9.17, 15) is 24.0 Å². The lowest BCUT2D eigenvalue weighted by Gasteiger charge is -2.60. The van der Waals surface area contributed by atoms with Crippen molar-refractivity contribution in [2.75, 3.05) is 60.2 Å². The molecule has 0 radical (unpaired) electrons. The molecule has 4 aliphatic rings. The first-order valence-electron chi connectivity index (χ1n) is 27.9. The molecule has 0 heterocycles. The van der Waals surface area contributed by atoms with E-state index in [4.69, 9.17) is 18.9 Å². The molecule has 7 atom stereocenters. The molecule has 11 heteroatoms. The van der Waals surface area contributed by atoms with Crippen LogP contribution in [0.15, 0.2) is 11.6 Å². The Bertz CT molecular complexity index is 1580. The molecule has 68 heavy (non-hydrogen) atoms. The van der Waals surface area contributed by atoms with Gasteiger partial charge in [-0.1, -0.05) is 104 Å². The average Bonchev–Trinajstić information content (AvgIpc) is 3.60.